The van der Waals surface area contributed by atoms with Crippen molar-refractivity contribution >= 4 is 24.4 Å². The highest BCUT2D eigenvalue weighted by Gasteiger charge is 2.28. The smallest absolute Gasteiger partial charge is 0.378 e. The molecule has 3 nitrogen and oxygen atoms in total. The van der Waals surface area contributed by atoms with E-state index in [4.69, 9.17) is 0 Å². The number of hydrogen-bond donors (Lipinski definition) is 0. The molecule has 146 valence electrons. The molecular formula is C22H26BF2N3. The van der Waals surface area contributed by atoms with E-state index in [0.29, 0.717) is 17.8 Å². The molecule has 0 saturated carbocycles. The second-order valence-corrected chi connectivity index (χ2v) is 7.61. The third kappa shape index (κ3) is 3.82. The molecule has 1 aromatic carbocycles. The molecule has 0 N–H and O–H groups in total. The predicted octanol–water partition coefficient (Wildman–Crippen LogP) is 5.32. The average molecular weight is 381 g/mol. The number of nitrogens with zero attached hydrogens (tertiary/aromatic N) is 3. The molecule has 28 heavy (non-hydrogen) atoms. The van der Waals surface area contributed by atoms with E-state index in [-0.39, 0.29) is 0 Å². The van der Waals surface area contributed by atoms with Gasteiger partial charge >= 0.3 is 7.40 Å². The number of rotatable bonds is 5. The van der Waals surface area contributed by atoms with Crippen LogP contribution in [0.1, 0.15) is 36.4 Å². The minimum Gasteiger partial charge on any atom is -0.378 e. The number of hydrogen-bond acceptors (Lipinski definition) is 2. The summed E-state index contributed by atoms with van der Waals surface area (Å²) in [4.78, 5) is 6.72. The fourth-order valence-electron chi connectivity index (χ4n) is 3.86. The molecule has 2 heterocycles. The summed E-state index contributed by atoms with van der Waals surface area (Å²) in [7, 11) is 1.39. The fraction of sp³-hybridized carbons (Fsp3) is 0.318. The summed E-state index contributed by atoms with van der Waals surface area (Å²) in [6, 6.07) is 10.0. The van der Waals surface area contributed by atoms with Crippen molar-refractivity contribution < 1.29 is 8.63 Å². The molecule has 0 saturated heterocycles. The Hall–Kier alpha value is -2.63. The SMILES string of the molecule is CC1=CC(C)=N/C1=C(\Cc1cccc(N(C)C)c1)c1c(C)cc(C)n1B(F)F. The Balaban J connectivity index is 2.21. The lowest BCUT2D eigenvalue weighted by molar-refractivity contribution is 0.623. The standard InChI is InChI=1S/C22H26BF2N3/c1-14-10-16(3)26-21(14)20(13-18-8-7-9-19(12-18)27(5)6)22-15(2)11-17(4)28(22)23(24)25/h7-12H,13H2,1-6H3/b21-20+. The van der Waals surface area contributed by atoms with E-state index in [1.165, 1.54) is 0 Å². The highest BCUT2D eigenvalue weighted by molar-refractivity contribution is 6.41. The van der Waals surface area contributed by atoms with Gasteiger partial charge in [0, 0.05) is 48.9 Å². The molecule has 1 aliphatic heterocycles. The Labute approximate surface area is 166 Å². The number of aliphatic imine (C=N–C) groups is 1. The molecule has 0 aliphatic carbocycles. The topological polar surface area (TPSA) is 20.5 Å². The van der Waals surface area contributed by atoms with E-state index in [1.807, 2.05) is 70.1 Å². The van der Waals surface area contributed by atoms with Crippen LogP contribution in [0.4, 0.5) is 14.3 Å². The van der Waals surface area contributed by atoms with Crippen molar-refractivity contribution in [2.24, 2.45) is 4.99 Å². The van der Waals surface area contributed by atoms with E-state index in [1.54, 1.807) is 6.92 Å². The minimum absolute atomic E-state index is 0.538. The number of halogens is 2. The number of aromatic nitrogens is 1. The van der Waals surface area contributed by atoms with Crippen LogP contribution in [0.5, 0.6) is 0 Å². The molecule has 0 atom stereocenters. The lowest BCUT2D eigenvalue weighted by atomic mass is 9.95. The van der Waals surface area contributed by atoms with Gasteiger partial charge in [-0.1, -0.05) is 12.1 Å². The monoisotopic (exact) mass is 381 g/mol. The largest absolute Gasteiger partial charge is 0.677 e. The van der Waals surface area contributed by atoms with Crippen molar-refractivity contribution in [1.82, 2.24) is 4.48 Å². The first-order valence-corrected chi connectivity index (χ1v) is 9.39. The van der Waals surface area contributed by atoms with E-state index in [0.717, 1.165) is 43.8 Å². The van der Waals surface area contributed by atoms with E-state index < -0.39 is 7.40 Å². The quantitative estimate of drug-likeness (QED) is 0.643. The summed E-state index contributed by atoms with van der Waals surface area (Å²) >= 11 is 0. The number of allylic oxidation sites excluding steroid dienone is 3. The van der Waals surface area contributed by atoms with Crippen molar-refractivity contribution in [1.29, 1.82) is 0 Å². The van der Waals surface area contributed by atoms with Crippen molar-refractivity contribution in [3.05, 3.63) is 70.2 Å². The van der Waals surface area contributed by atoms with Crippen LogP contribution in [0.2, 0.25) is 0 Å². The van der Waals surface area contributed by atoms with Crippen LogP contribution in [0.15, 0.2) is 52.7 Å². The van der Waals surface area contributed by atoms with Crippen LogP contribution < -0.4 is 4.90 Å². The molecular weight excluding hydrogens is 355 g/mol. The second kappa shape index (κ2) is 7.78. The number of aryl methyl sites for hydroxylation is 2. The van der Waals surface area contributed by atoms with E-state index >= 15 is 0 Å². The molecule has 0 unspecified atom stereocenters. The van der Waals surface area contributed by atoms with Gasteiger partial charge in [-0.3, -0.25) is 13.6 Å². The minimum atomic E-state index is -2.59. The zero-order chi connectivity index (χ0) is 20.6. The van der Waals surface area contributed by atoms with Gasteiger partial charge in [0.05, 0.1) is 5.70 Å². The molecule has 1 aromatic heterocycles. The molecule has 0 fully saturated rings. The predicted molar refractivity (Wildman–Crippen MR) is 116 cm³/mol. The van der Waals surface area contributed by atoms with E-state index in [9.17, 15) is 8.63 Å². The Kier molecular flexibility index (Phi) is 5.59. The summed E-state index contributed by atoms with van der Waals surface area (Å²) in [5, 5.41) is 0. The lowest BCUT2D eigenvalue weighted by Crippen LogP contribution is -2.18. The average Bonchev–Trinajstić information content (AvgIpc) is 3.10. The van der Waals surface area contributed by atoms with Crippen molar-refractivity contribution in [3.63, 3.8) is 0 Å². The van der Waals surface area contributed by atoms with Crippen molar-refractivity contribution in [2.45, 2.75) is 34.1 Å². The van der Waals surface area contributed by atoms with Crippen LogP contribution in [-0.2, 0) is 6.42 Å². The fourth-order valence-corrected chi connectivity index (χ4v) is 3.86. The van der Waals surface area contributed by atoms with Gasteiger partial charge in [-0.25, -0.2) is 0 Å². The van der Waals surface area contributed by atoms with Gasteiger partial charge in [0.25, 0.3) is 0 Å². The van der Waals surface area contributed by atoms with Gasteiger partial charge in [0.1, 0.15) is 0 Å². The zero-order valence-electron chi connectivity index (χ0n) is 17.3. The van der Waals surface area contributed by atoms with E-state index in [2.05, 4.69) is 11.1 Å². The Morgan fingerprint density at radius 3 is 2.39 bits per heavy atom. The van der Waals surface area contributed by atoms with Gasteiger partial charge in [0.2, 0.25) is 0 Å². The van der Waals surface area contributed by atoms with Gasteiger partial charge in [-0.15, -0.1) is 0 Å². The third-order valence-corrected chi connectivity index (χ3v) is 5.08. The Morgan fingerprint density at radius 1 is 1.11 bits per heavy atom. The molecule has 6 heteroatoms. The molecule has 0 radical (unpaired) electrons. The summed E-state index contributed by atoms with van der Waals surface area (Å²) < 4.78 is 29.0. The lowest BCUT2D eigenvalue weighted by Gasteiger charge is -2.18. The third-order valence-electron chi connectivity index (χ3n) is 5.08. The van der Waals surface area contributed by atoms with Crippen LogP contribution in [0.3, 0.4) is 0 Å². The summed E-state index contributed by atoms with van der Waals surface area (Å²) in [6.45, 7) is 7.54. The molecule has 1 aliphatic rings. The van der Waals surface area contributed by atoms with Gasteiger partial charge in [-0.2, -0.15) is 0 Å². The van der Waals surface area contributed by atoms with Gasteiger partial charge in [-0.05, 0) is 68.7 Å². The molecule has 2 aromatic rings. The van der Waals surface area contributed by atoms with Crippen LogP contribution in [0, 0.1) is 13.8 Å². The molecule has 0 bridgehead atoms. The van der Waals surface area contributed by atoms with Crippen LogP contribution in [0.25, 0.3) is 5.57 Å². The first-order chi connectivity index (χ1) is 13.2. The molecule has 3 rings (SSSR count). The van der Waals surface area contributed by atoms with Crippen LogP contribution >= 0.6 is 0 Å². The van der Waals surface area contributed by atoms with Crippen molar-refractivity contribution in [3.8, 4) is 0 Å². The maximum Gasteiger partial charge on any atom is 0.677 e. The molecule has 0 amide bonds. The number of benzene rings is 1. The number of anilines is 1. The zero-order valence-corrected chi connectivity index (χ0v) is 17.3. The summed E-state index contributed by atoms with van der Waals surface area (Å²) in [6.07, 6.45) is 2.54. The normalized spacial score (nSPS) is 15.4. The Bertz CT molecular complexity index is 997. The highest BCUT2D eigenvalue weighted by Crippen LogP contribution is 2.35. The first kappa shape index (κ1) is 20.1. The highest BCUT2D eigenvalue weighted by atomic mass is 19.2. The summed E-state index contributed by atoms with van der Waals surface area (Å²) in [5.74, 6) is 0. The summed E-state index contributed by atoms with van der Waals surface area (Å²) in [5.41, 5.74) is 7.68. The van der Waals surface area contributed by atoms with Gasteiger partial charge < -0.3 is 9.38 Å². The second-order valence-electron chi connectivity index (χ2n) is 7.61. The maximum atomic E-state index is 13.9. The Morgan fingerprint density at radius 2 is 1.82 bits per heavy atom. The maximum absolute atomic E-state index is 13.9. The first-order valence-electron chi connectivity index (χ1n) is 9.39. The van der Waals surface area contributed by atoms with Crippen molar-refractivity contribution in [2.75, 3.05) is 19.0 Å². The van der Waals surface area contributed by atoms with Crippen LogP contribution in [-0.4, -0.2) is 31.7 Å². The van der Waals surface area contributed by atoms with Gasteiger partial charge in [0.15, 0.2) is 0 Å². The molecule has 0 spiro atoms.